The van der Waals surface area contributed by atoms with Crippen LogP contribution in [-0.4, -0.2) is 36.5 Å². The minimum absolute atomic E-state index is 0.306. The quantitative estimate of drug-likeness (QED) is 0.838. The van der Waals surface area contributed by atoms with E-state index in [1.165, 1.54) is 51.4 Å². The molecule has 1 amide bonds. The number of carbonyl (C=O) groups excluding carboxylic acids is 1. The Bertz CT molecular complexity index is 292. The van der Waals surface area contributed by atoms with Gasteiger partial charge in [-0.2, -0.15) is 0 Å². The van der Waals surface area contributed by atoms with Crippen molar-refractivity contribution in [2.24, 2.45) is 5.92 Å². The lowest BCUT2D eigenvalue weighted by Gasteiger charge is -2.33. The van der Waals surface area contributed by atoms with Crippen molar-refractivity contribution in [2.75, 3.05) is 19.6 Å². The molecule has 122 valence electrons. The maximum absolute atomic E-state index is 12.9. The second-order valence-corrected chi connectivity index (χ2v) is 6.97. The molecular formula is C18H34N2O. The smallest absolute Gasteiger partial charge is 0.225 e. The van der Waals surface area contributed by atoms with Gasteiger partial charge in [0, 0.05) is 25.0 Å². The molecule has 0 aromatic rings. The fourth-order valence-corrected chi connectivity index (χ4v) is 3.87. The summed E-state index contributed by atoms with van der Waals surface area (Å²) in [5, 5.41) is 3.59. The largest absolute Gasteiger partial charge is 0.341 e. The van der Waals surface area contributed by atoms with Gasteiger partial charge in [-0.25, -0.2) is 0 Å². The van der Waals surface area contributed by atoms with E-state index in [4.69, 9.17) is 0 Å². The van der Waals surface area contributed by atoms with E-state index in [1.54, 1.807) is 0 Å². The minimum atomic E-state index is 0.306. The van der Waals surface area contributed by atoms with Gasteiger partial charge in [0.25, 0.3) is 0 Å². The van der Waals surface area contributed by atoms with Crippen LogP contribution in [-0.2, 0) is 4.79 Å². The van der Waals surface area contributed by atoms with Crippen molar-refractivity contribution < 1.29 is 4.79 Å². The van der Waals surface area contributed by atoms with Crippen LogP contribution in [0.4, 0.5) is 0 Å². The lowest BCUT2D eigenvalue weighted by Crippen LogP contribution is -2.47. The number of amides is 1. The monoisotopic (exact) mass is 294 g/mol. The molecule has 1 N–H and O–H groups in total. The van der Waals surface area contributed by atoms with Crippen molar-refractivity contribution in [1.29, 1.82) is 0 Å². The van der Waals surface area contributed by atoms with Crippen molar-refractivity contribution in [3.8, 4) is 0 Å². The molecule has 1 aliphatic heterocycles. The molecule has 1 saturated heterocycles. The topological polar surface area (TPSA) is 32.3 Å². The summed E-state index contributed by atoms with van der Waals surface area (Å²) in [6, 6.07) is 0.530. The van der Waals surface area contributed by atoms with Gasteiger partial charge in [0.1, 0.15) is 0 Å². The Kier molecular flexibility index (Phi) is 7.56. The first-order valence-electron chi connectivity index (χ1n) is 9.33. The normalized spacial score (nSPS) is 25.1. The Balaban J connectivity index is 1.89. The summed E-state index contributed by atoms with van der Waals surface area (Å²) in [5.41, 5.74) is 0. The van der Waals surface area contributed by atoms with Crippen molar-refractivity contribution in [2.45, 2.75) is 83.6 Å². The van der Waals surface area contributed by atoms with Crippen LogP contribution in [0.2, 0.25) is 0 Å². The number of hydrogen-bond donors (Lipinski definition) is 1. The van der Waals surface area contributed by atoms with E-state index >= 15 is 0 Å². The van der Waals surface area contributed by atoms with Crippen molar-refractivity contribution in [1.82, 2.24) is 10.2 Å². The predicted molar refractivity (Wildman–Crippen MR) is 88.3 cm³/mol. The van der Waals surface area contributed by atoms with Crippen molar-refractivity contribution in [3.05, 3.63) is 0 Å². The standard InChI is InChI=1S/C18H34N2O/c1-2-14-20(15-17-12-8-9-13-19-17)18(21)16-10-6-4-3-5-7-11-16/h16-17,19H,2-15H2,1H3. The number of carbonyl (C=O) groups is 1. The van der Waals surface area contributed by atoms with Gasteiger partial charge in [-0.3, -0.25) is 4.79 Å². The van der Waals surface area contributed by atoms with Gasteiger partial charge in [-0.1, -0.05) is 45.4 Å². The summed E-state index contributed by atoms with van der Waals surface area (Å²) in [4.78, 5) is 15.1. The molecular weight excluding hydrogens is 260 g/mol. The van der Waals surface area contributed by atoms with Crippen LogP contribution in [0.1, 0.15) is 77.6 Å². The van der Waals surface area contributed by atoms with E-state index in [0.29, 0.717) is 17.9 Å². The van der Waals surface area contributed by atoms with Gasteiger partial charge in [-0.15, -0.1) is 0 Å². The highest BCUT2D eigenvalue weighted by atomic mass is 16.2. The van der Waals surface area contributed by atoms with Gasteiger partial charge in [0.2, 0.25) is 5.91 Å². The summed E-state index contributed by atoms with van der Waals surface area (Å²) in [6.07, 6.45) is 13.7. The van der Waals surface area contributed by atoms with Crippen molar-refractivity contribution in [3.63, 3.8) is 0 Å². The maximum atomic E-state index is 12.9. The zero-order chi connectivity index (χ0) is 14.9. The zero-order valence-corrected chi connectivity index (χ0v) is 13.9. The third-order valence-electron chi connectivity index (χ3n) is 5.11. The Labute approximate surface area is 130 Å². The summed E-state index contributed by atoms with van der Waals surface area (Å²) in [5.74, 6) is 0.756. The predicted octanol–water partition coefficient (Wildman–Crippen LogP) is 3.73. The van der Waals surface area contributed by atoms with E-state index in [-0.39, 0.29) is 0 Å². The van der Waals surface area contributed by atoms with Crippen LogP contribution in [0.15, 0.2) is 0 Å². The summed E-state index contributed by atoms with van der Waals surface area (Å²) < 4.78 is 0. The molecule has 1 unspecified atom stereocenters. The van der Waals surface area contributed by atoms with Gasteiger partial charge < -0.3 is 10.2 Å². The van der Waals surface area contributed by atoms with E-state index in [0.717, 1.165) is 38.9 Å². The fourth-order valence-electron chi connectivity index (χ4n) is 3.87. The molecule has 2 fully saturated rings. The fraction of sp³-hybridized carbons (Fsp3) is 0.944. The maximum Gasteiger partial charge on any atom is 0.225 e. The summed E-state index contributed by atoms with van der Waals surface area (Å²) in [6.45, 7) is 5.19. The number of piperidine rings is 1. The number of rotatable bonds is 5. The molecule has 1 saturated carbocycles. The van der Waals surface area contributed by atoms with Crippen LogP contribution in [0, 0.1) is 5.92 Å². The SMILES string of the molecule is CCCN(CC1CCCCN1)C(=O)C1CCCCCCC1. The summed E-state index contributed by atoms with van der Waals surface area (Å²) in [7, 11) is 0. The lowest BCUT2D eigenvalue weighted by molar-refractivity contribution is -0.136. The highest BCUT2D eigenvalue weighted by Gasteiger charge is 2.26. The molecule has 0 radical (unpaired) electrons. The molecule has 0 aromatic heterocycles. The molecule has 2 aliphatic rings. The minimum Gasteiger partial charge on any atom is -0.341 e. The van der Waals surface area contributed by atoms with Crippen LogP contribution in [0.3, 0.4) is 0 Å². The van der Waals surface area contributed by atoms with E-state index in [9.17, 15) is 4.79 Å². The Morgan fingerprint density at radius 1 is 1.00 bits per heavy atom. The van der Waals surface area contributed by atoms with Gasteiger partial charge >= 0.3 is 0 Å². The zero-order valence-electron chi connectivity index (χ0n) is 13.9. The average Bonchev–Trinajstić information content (AvgIpc) is 2.47. The lowest BCUT2D eigenvalue weighted by atomic mass is 9.90. The third-order valence-corrected chi connectivity index (χ3v) is 5.11. The number of nitrogens with zero attached hydrogens (tertiary/aromatic N) is 1. The Morgan fingerprint density at radius 3 is 2.29 bits per heavy atom. The molecule has 3 heteroatoms. The van der Waals surface area contributed by atoms with Gasteiger partial charge in [0.15, 0.2) is 0 Å². The first-order chi connectivity index (χ1) is 10.3. The highest BCUT2D eigenvalue weighted by molar-refractivity contribution is 5.78. The van der Waals surface area contributed by atoms with E-state index in [2.05, 4.69) is 17.1 Å². The van der Waals surface area contributed by atoms with Crippen LogP contribution in [0.25, 0.3) is 0 Å². The summed E-state index contributed by atoms with van der Waals surface area (Å²) >= 11 is 0. The first kappa shape index (κ1) is 16.8. The van der Waals surface area contributed by atoms with Crippen LogP contribution in [0.5, 0.6) is 0 Å². The molecule has 21 heavy (non-hydrogen) atoms. The Hall–Kier alpha value is -0.570. The molecule has 2 rings (SSSR count). The third kappa shape index (κ3) is 5.61. The van der Waals surface area contributed by atoms with Crippen LogP contribution >= 0.6 is 0 Å². The molecule has 1 aliphatic carbocycles. The number of hydrogen-bond acceptors (Lipinski definition) is 2. The van der Waals surface area contributed by atoms with E-state index in [1.807, 2.05) is 0 Å². The second-order valence-electron chi connectivity index (χ2n) is 6.97. The molecule has 0 aromatic carbocycles. The molecule has 1 heterocycles. The number of nitrogens with one attached hydrogen (secondary N) is 1. The van der Waals surface area contributed by atoms with E-state index < -0.39 is 0 Å². The second kappa shape index (κ2) is 9.45. The Morgan fingerprint density at radius 2 is 1.67 bits per heavy atom. The molecule has 1 atom stereocenters. The van der Waals surface area contributed by atoms with Crippen molar-refractivity contribution >= 4 is 5.91 Å². The van der Waals surface area contributed by atoms with Gasteiger partial charge in [0.05, 0.1) is 0 Å². The molecule has 3 nitrogen and oxygen atoms in total. The molecule has 0 spiro atoms. The highest BCUT2D eigenvalue weighted by Crippen LogP contribution is 2.24. The first-order valence-corrected chi connectivity index (χ1v) is 9.33. The van der Waals surface area contributed by atoms with Gasteiger partial charge in [-0.05, 0) is 38.6 Å². The average molecular weight is 294 g/mol. The molecule has 0 bridgehead atoms. The van der Waals surface area contributed by atoms with Crippen LogP contribution < -0.4 is 5.32 Å².